The van der Waals surface area contributed by atoms with E-state index in [1.807, 2.05) is 29.3 Å². The third kappa shape index (κ3) is 3.28. The van der Waals surface area contributed by atoms with E-state index < -0.39 is 0 Å². The largest absolute Gasteiger partial charge is 0.335 e. The Bertz CT molecular complexity index is 402. The van der Waals surface area contributed by atoms with Gasteiger partial charge in [0.2, 0.25) is 0 Å². The molecule has 92 valence electrons. The van der Waals surface area contributed by atoms with E-state index in [0.717, 1.165) is 30.7 Å². The van der Waals surface area contributed by atoms with Gasteiger partial charge in [0.1, 0.15) is 0 Å². The molecule has 1 heterocycles. The molecule has 1 aromatic carbocycles. The summed E-state index contributed by atoms with van der Waals surface area (Å²) in [4.78, 5) is 13.5. The van der Waals surface area contributed by atoms with Crippen LogP contribution in [0.4, 0.5) is 0 Å². The topological polar surface area (TPSA) is 36.8 Å². The van der Waals surface area contributed by atoms with Crippen LogP contribution in [-0.4, -0.2) is 44.1 Å². The highest BCUT2D eigenvalue weighted by molar-refractivity contribution is 9.10. The van der Waals surface area contributed by atoms with Crippen molar-refractivity contribution in [2.45, 2.75) is 0 Å². The second kappa shape index (κ2) is 5.62. The number of quaternary nitrogens is 1. The van der Waals surface area contributed by atoms with Crippen molar-refractivity contribution in [3.05, 3.63) is 34.3 Å². The summed E-state index contributed by atoms with van der Waals surface area (Å²) in [7, 11) is 2.17. The number of piperazine rings is 1. The lowest BCUT2D eigenvalue weighted by Gasteiger charge is -2.30. The van der Waals surface area contributed by atoms with Gasteiger partial charge in [0.05, 0.1) is 38.8 Å². The Kier molecular flexibility index (Phi) is 4.15. The van der Waals surface area contributed by atoms with Gasteiger partial charge in [-0.25, -0.2) is 5.01 Å². The molecule has 17 heavy (non-hydrogen) atoms. The zero-order valence-corrected chi connectivity index (χ0v) is 11.5. The van der Waals surface area contributed by atoms with Crippen molar-refractivity contribution >= 4 is 21.8 Å². The highest BCUT2D eigenvalue weighted by Gasteiger charge is 2.19. The minimum absolute atomic E-state index is 0.0444. The molecule has 4 nitrogen and oxygen atoms in total. The van der Waals surface area contributed by atoms with E-state index in [1.165, 1.54) is 4.90 Å². The third-order valence-electron chi connectivity index (χ3n) is 3.00. The van der Waals surface area contributed by atoms with E-state index >= 15 is 0 Å². The first-order valence-electron chi connectivity index (χ1n) is 5.78. The molecule has 0 spiro atoms. The van der Waals surface area contributed by atoms with Crippen LogP contribution in [0, 0.1) is 0 Å². The van der Waals surface area contributed by atoms with E-state index in [1.54, 1.807) is 0 Å². The molecule has 0 aromatic heterocycles. The number of hydrazine groups is 1. The molecule has 0 radical (unpaired) electrons. The van der Waals surface area contributed by atoms with Gasteiger partial charge in [0.25, 0.3) is 5.91 Å². The molecule has 0 aliphatic carbocycles. The van der Waals surface area contributed by atoms with Crippen molar-refractivity contribution in [1.82, 2.24) is 10.4 Å². The number of nitrogens with one attached hydrogen (secondary N) is 2. The van der Waals surface area contributed by atoms with Crippen LogP contribution >= 0.6 is 15.9 Å². The Balaban J connectivity index is 1.96. The molecule has 0 saturated carbocycles. The van der Waals surface area contributed by atoms with Gasteiger partial charge in [-0.1, -0.05) is 12.1 Å². The van der Waals surface area contributed by atoms with E-state index in [-0.39, 0.29) is 5.91 Å². The monoisotopic (exact) mass is 298 g/mol. The number of amides is 1. The summed E-state index contributed by atoms with van der Waals surface area (Å²) in [5, 5.41) is 1.99. The first-order valence-corrected chi connectivity index (χ1v) is 6.58. The Morgan fingerprint density at radius 3 is 2.65 bits per heavy atom. The minimum Gasteiger partial charge on any atom is -0.335 e. The standard InChI is InChI=1S/C12H16BrN3O/c1-15-6-8-16(9-7-15)14-12(17)10-4-2-3-5-11(10)13/h2-5H,6-9H2,1H3,(H,14,17)/p+1. The molecule has 2 N–H and O–H groups in total. The Morgan fingerprint density at radius 1 is 1.35 bits per heavy atom. The van der Waals surface area contributed by atoms with Gasteiger partial charge in [-0.3, -0.25) is 10.2 Å². The molecular formula is C12H17BrN3O+. The molecule has 1 aromatic rings. The van der Waals surface area contributed by atoms with E-state index in [4.69, 9.17) is 0 Å². The second-order valence-electron chi connectivity index (χ2n) is 4.36. The zero-order chi connectivity index (χ0) is 12.3. The smallest absolute Gasteiger partial charge is 0.266 e. The summed E-state index contributed by atoms with van der Waals surface area (Å²) in [5.74, 6) is -0.0444. The van der Waals surface area contributed by atoms with Crippen LogP contribution in [0.2, 0.25) is 0 Å². The molecule has 2 rings (SSSR count). The lowest BCUT2D eigenvalue weighted by molar-refractivity contribution is -0.884. The van der Waals surface area contributed by atoms with Gasteiger partial charge < -0.3 is 4.90 Å². The molecule has 0 unspecified atom stereocenters. The van der Waals surface area contributed by atoms with E-state index in [0.29, 0.717) is 5.56 Å². The summed E-state index contributed by atoms with van der Waals surface area (Å²) >= 11 is 3.39. The van der Waals surface area contributed by atoms with Gasteiger partial charge in [-0.05, 0) is 28.1 Å². The predicted molar refractivity (Wildman–Crippen MR) is 69.8 cm³/mol. The summed E-state index contributed by atoms with van der Waals surface area (Å²) in [5.41, 5.74) is 3.63. The van der Waals surface area contributed by atoms with Crippen LogP contribution in [0.1, 0.15) is 10.4 Å². The van der Waals surface area contributed by atoms with Crippen molar-refractivity contribution < 1.29 is 9.69 Å². The van der Waals surface area contributed by atoms with Crippen molar-refractivity contribution in [2.75, 3.05) is 33.2 Å². The summed E-state index contributed by atoms with van der Waals surface area (Å²) < 4.78 is 0.831. The van der Waals surface area contributed by atoms with Crippen LogP contribution in [0.15, 0.2) is 28.7 Å². The highest BCUT2D eigenvalue weighted by atomic mass is 79.9. The quantitative estimate of drug-likeness (QED) is 0.802. The lowest BCUT2D eigenvalue weighted by atomic mass is 10.2. The average Bonchev–Trinajstić information content (AvgIpc) is 2.32. The van der Waals surface area contributed by atoms with Crippen molar-refractivity contribution in [1.29, 1.82) is 0 Å². The minimum atomic E-state index is -0.0444. The van der Waals surface area contributed by atoms with Crippen molar-refractivity contribution in [3.8, 4) is 0 Å². The lowest BCUT2D eigenvalue weighted by Crippen LogP contribution is -3.12. The maximum Gasteiger partial charge on any atom is 0.266 e. The Hall–Kier alpha value is -0.910. The van der Waals surface area contributed by atoms with Crippen molar-refractivity contribution in [2.24, 2.45) is 0 Å². The van der Waals surface area contributed by atoms with Crippen LogP contribution in [0.25, 0.3) is 0 Å². The van der Waals surface area contributed by atoms with E-state index in [2.05, 4.69) is 28.4 Å². The summed E-state index contributed by atoms with van der Waals surface area (Å²) in [6.45, 7) is 3.94. The number of halogens is 1. The van der Waals surface area contributed by atoms with Gasteiger partial charge >= 0.3 is 0 Å². The van der Waals surface area contributed by atoms with Gasteiger partial charge in [-0.15, -0.1) is 0 Å². The fraction of sp³-hybridized carbons (Fsp3) is 0.417. The predicted octanol–water partition coefficient (Wildman–Crippen LogP) is -0.0758. The maximum atomic E-state index is 12.0. The Labute approximate surface area is 110 Å². The number of hydrogen-bond donors (Lipinski definition) is 2. The Morgan fingerprint density at radius 2 is 2.00 bits per heavy atom. The zero-order valence-electron chi connectivity index (χ0n) is 9.87. The third-order valence-corrected chi connectivity index (χ3v) is 3.69. The van der Waals surface area contributed by atoms with Crippen LogP contribution in [0.5, 0.6) is 0 Å². The number of hydrogen-bond acceptors (Lipinski definition) is 2. The summed E-state index contributed by atoms with van der Waals surface area (Å²) in [6.07, 6.45) is 0. The van der Waals surface area contributed by atoms with Gasteiger partial charge in [0.15, 0.2) is 0 Å². The first-order chi connectivity index (χ1) is 8.16. The van der Waals surface area contributed by atoms with Crippen LogP contribution in [0.3, 0.4) is 0 Å². The molecule has 1 amide bonds. The molecule has 1 aliphatic heterocycles. The van der Waals surface area contributed by atoms with Gasteiger partial charge in [0, 0.05) is 4.47 Å². The van der Waals surface area contributed by atoms with Crippen LogP contribution in [-0.2, 0) is 0 Å². The fourth-order valence-electron chi connectivity index (χ4n) is 1.85. The number of nitrogens with zero attached hydrogens (tertiary/aromatic N) is 1. The molecule has 1 fully saturated rings. The van der Waals surface area contributed by atoms with Crippen molar-refractivity contribution in [3.63, 3.8) is 0 Å². The summed E-state index contributed by atoms with van der Waals surface area (Å²) in [6, 6.07) is 7.47. The fourth-order valence-corrected chi connectivity index (χ4v) is 2.31. The van der Waals surface area contributed by atoms with Crippen LogP contribution < -0.4 is 10.3 Å². The molecule has 1 saturated heterocycles. The molecule has 1 aliphatic rings. The number of carbonyl (C=O) groups excluding carboxylic acids is 1. The normalized spacial score (nSPS) is 18.0. The van der Waals surface area contributed by atoms with E-state index in [9.17, 15) is 4.79 Å². The number of rotatable bonds is 2. The number of carbonyl (C=O) groups is 1. The first kappa shape index (κ1) is 12.5. The average molecular weight is 299 g/mol. The number of likely N-dealkylation sites (N-methyl/N-ethyl adjacent to an activating group) is 1. The maximum absolute atomic E-state index is 12.0. The van der Waals surface area contributed by atoms with Gasteiger partial charge in [-0.2, -0.15) is 0 Å². The molecular weight excluding hydrogens is 282 g/mol. The molecule has 0 atom stereocenters. The molecule has 0 bridgehead atoms. The number of benzene rings is 1. The second-order valence-corrected chi connectivity index (χ2v) is 5.22. The molecule has 5 heteroatoms. The highest BCUT2D eigenvalue weighted by Crippen LogP contribution is 2.15. The SMILES string of the molecule is C[NH+]1CCN(NC(=O)c2ccccc2Br)CC1.